The van der Waals surface area contributed by atoms with Gasteiger partial charge in [-0.3, -0.25) is 0 Å². The molecular weight excluding hydrogens is 300 g/mol. The summed E-state index contributed by atoms with van der Waals surface area (Å²) in [6, 6.07) is 20.3. The molecule has 0 spiro atoms. The highest BCUT2D eigenvalue weighted by Crippen LogP contribution is 2.11. The highest BCUT2D eigenvalue weighted by Gasteiger charge is 2.08. The predicted molar refractivity (Wildman–Crippen MR) is 96.6 cm³/mol. The van der Waals surface area contributed by atoms with Gasteiger partial charge in [-0.25, -0.2) is 0 Å². The Bertz CT molecular complexity index is 566. The molecule has 128 valence electrons. The summed E-state index contributed by atoms with van der Waals surface area (Å²) >= 11 is 0. The van der Waals surface area contributed by atoms with E-state index in [2.05, 4.69) is 24.3 Å². The van der Waals surface area contributed by atoms with Crippen molar-refractivity contribution in [1.82, 2.24) is 0 Å². The van der Waals surface area contributed by atoms with Crippen LogP contribution in [0.15, 0.2) is 72.8 Å². The van der Waals surface area contributed by atoms with Crippen molar-refractivity contribution in [2.75, 3.05) is 13.2 Å². The SMILES string of the molecule is OC/C=C/C[C@H](CCOCc1ccccc1)OCc1ccccc1. The third-order valence-electron chi connectivity index (χ3n) is 3.70. The zero-order chi connectivity index (χ0) is 16.9. The van der Waals surface area contributed by atoms with Gasteiger partial charge in [-0.2, -0.15) is 0 Å². The van der Waals surface area contributed by atoms with Gasteiger partial charge in [0.15, 0.2) is 0 Å². The normalized spacial score (nSPS) is 12.5. The number of hydrogen-bond acceptors (Lipinski definition) is 3. The minimum atomic E-state index is 0.0654. The van der Waals surface area contributed by atoms with Gasteiger partial charge in [0.25, 0.3) is 0 Å². The van der Waals surface area contributed by atoms with E-state index in [-0.39, 0.29) is 12.7 Å². The fourth-order valence-electron chi connectivity index (χ4n) is 2.36. The van der Waals surface area contributed by atoms with Crippen LogP contribution in [0.4, 0.5) is 0 Å². The lowest BCUT2D eigenvalue weighted by atomic mass is 10.1. The molecule has 0 aliphatic rings. The summed E-state index contributed by atoms with van der Waals surface area (Å²) in [5.74, 6) is 0. The predicted octanol–water partition coefficient (Wildman–Crippen LogP) is 4.12. The van der Waals surface area contributed by atoms with Gasteiger partial charge in [-0.1, -0.05) is 72.8 Å². The molecule has 3 heteroatoms. The minimum absolute atomic E-state index is 0.0654. The highest BCUT2D eigenvalue weighted by molar-refractivity contribution is 5.14. The molecule has 0 aromatic heterocycles. The van der Waals surface area contributed by atoms with Crippen LogP contribution in [0.1, 0.15) is 24.0 Å². The van der Waals surface area contributed by atoms with E-state index in [0.29, 0.717) is 19.8 Å². The molecule has 3 nitrogen and oxygen atoms in total. The fraction of sp³-hybridized carbons (Fsp3) is 0.333. The first-order chi connectivity index (χ1) is 11.9. The zero-order valence-corrected chi connectivity index (χ0v) is 14.0. The first-order valence-corrected chi connectivity index (χ1v) is 8.41. The van der Waals surface area contributed by atoms with Crippen LogP contribution >= 0.6 is 0 Å². The van der Waals surface area contributed by atoms with Gasteiger partial charge in [0.05, 0.1) is 25.9 Å². The summed E-state index contributed by atoms with van der Waals surface area (Å²) < 4.78 is 11.8. The molecule has 2 aromatic rings. The van der Waals surface area contributed by atoms with Crippen LogP contribution in [0.5, 0.6) is 0 Å². The standard InChI is InChI=1S/C21H26O3/c22-15-8-7-13-21(24-18-20-11-5-2-6-12-20)14-16-23-17-19-9-3-1-4-10-19/h1-12,21-22H,13-18H2/b8-7+/t21-/m1/s1. The number of ether oxygens (including phenoxy) is 2. The Kier molecular flexibility index (Phi) is 8.87. The molecule has 0 saturated heterocycles. The topological polar surface area (TPSA) is 38.7 Å². The molecule has 0 aliphatic heterocycles. The smallest absolute Gasteiger partial charge is 0.0720 e. The number of rotatable bonds is 11. The molecule has 0 saturated carbocycles. The molecule has 0 radical (unpaired) electrons. The quantitative estimate of drug-likeness (QED) is 0.499. The molecule has 0 bridgehead atoms. The molecule has 2 aromatic carbocycles. The minimum Gasteiger partial charge on any atom is -0.392 e. The molecule has 24 heavy (non-hydrogen) atoms. The van der Waals surface area contributed by atoms with Crippen LogP contribution in [0.2, 0.25) is 0 Å². The molecule has 1 atom stereocenters. The van der Waals surface area contributed by atoms with E-state index in [1.54, 1.807) is 6.08 Å². The lowest BCUT2D eigenvalue weighted by molar-refractivity contribution is 0.0104. The average molecular weight is 326 g/mol. The average Bonchev–Trinajstić information content (AvgIpc) is 2.64. The first kappa shape index (κ1) is 18.4. The maximum absolute atomic E-state index is 8.87. The fourth-order valence-corrected chi connectivity index (χ4v) is 2.36. The Balaban J connectivity index is 1.74. The molecule has 0 fully saturated rings. The van der Waals surface area contributed by atoms with Gasteiger partial charge in [0.1, 0.15) is 0 Å². The second kappa shape index (κ2) is 11.6. The number of benzene rings is 2. The summed E-state index contributed by atoms with van der Waals surface area (Å²) in [5, 5.41) is 8.87. The summed E-state index contributed by atoms with van der Waals surface area (Å²) in [6.45, 7) is 1.94. The molecule has 1 N–H and O–H groups in total. The number of aliphatic hydroxyl groups is 1. The third kappa shape index (κ3) is 7.55. The molecular formula is C21H26O3. The zero-order valence-electron chi connectivity index (χ0n) is 14.0. The van der Waals surface area contributed by atoms with Crippen molar-refractivity contribution in [2.24, 2.45) is 0 Å². The second-order valence-corrected chi connectivity index (χ2v) is 5.64. The molecule has 0 unspecified atom stereocenters. The molecule has 0 amide bonds. The largest absolute Gasteiger partial charge is 0.392 e. The van der Waals surface area contributed by atoms with E-state index < -0.39 is 0 Å². The van der Waals surface area contributed by atoms with Crippen molar-refractivity contribution in [3.8, 4) is 0 Å². The van der Waals surface area contributed by atoms with Crippen molar-refractivity contribution in [3.63, 3.8) is 0 Å². The van der Waals surface area contributed by atoms with E-state index in [1.165, 1.54) is 11.1 Å². The summed E-state index contributed by atoms with van der Waals surface area (Å²) in [4.78, 5) is 0. The lowest BCUT2D eigenvalue weighted by Gasteiger charge is -2.17. The van der Waals surface area contributed by atoms with Crippen LogP contribution in [0.3, 0.4) is 0 Å². The monoisotopic (exact) mass is 326 g/mol. The number of aliphatic hydroxyl groups excluding tert-OH is 1. The number of hydrogen-bond donors (Lipinski definition) is 1. The molecule has 0 aliphatic carbocycles. The Morgan fingerprint density at radius 2 is 1.46 bits per heavy atom. The van der Waals surface area contributed by atoms with Gasteiger partial charge in [-0.15, -0.1) is 0 Å². The first-order valence-electron chi connectivity index (χ1n) is 8.41. The van der Waals surface area contributed by atoms with Gasteiger partial charge < -0.3 is 14.6 Å². The Labute approximate surface area is 144 Å². The second-order valence-electron chi connectivity index (χ2n) is 5.64. The Hall–Kier alpha value is -1.94. The van der Waals surface area contributed by atoms with Crippen LogP contribution < -0.4 is 0 Å². The highest BCUT2D eigenvalue weighted by atomic mass is 16.5. The van der Waals surface area contributed by atoms with Crippen molar-refractivity contribution in [2.45, 2.75) is 32.2 Å². The van der Waals surface area contributed by atoms with E-state index in [1.807, 2.05) is 42.5 Å². The van der Waals surface area contributed by atoms with E-state index in [9.17, 15) is 0 Å². The van der Waals surface area contributed by atoms with E-state index in [4.69, 9.17) is 14.6 Å². The third-order valence-corrected chi connectivity index (χ3v) is 3.70. The van der Waals surface area contributed by atoms with Crippen molar-refractivity contribution in [3.05, 3.63) is 83.9 Å². The van der Waals surface area contributed by atoms with Crippen LogP contribution in [-0.2, 0) is 22.7 Å². The van der Waals surface area contributed by atoms with Crippen LogP contribution in [0, 0.1) is 0 Å². The van der Waals surface area contributed by atoms with Crippen molar-refractivity contribution >= 4 is 0 Å². The van der Waals surface area contributed by atoms with Gasteiger partial charge in [0, 0.05) is 6.61 Å². The van der Waals surface area contributed by atoms with Gasteiger partial charge in [-0.05, 0) is 24.0 Å². The summed E-state index contributed by atoms with van der Waals surface area (Å²) in [6.07, 6.45) is 5.41. The van der Waals surface area contributed by atoms with Crippen molar-refractivity contribution < 1.29 is 14.6 Å². The Morgan fingerprint density at radius 3 is 2.08 bits per heavy atom. The van der Waals surface area contributed by atoms with Crippen LogP contribution in [-0.4, -0.2) is 24.4 Å². The Morgan fingerprint density at radius 1 is 0.833 bits per heavy atom. The van der Waals surface area contributed by atoms with Crippen molar-refractivity contribution in [1.29, 1.82) is 0 Å². The molecule has 2 rings (SSSR count). The lowest BCUT2D eigenvalue weighted by Crippen LogP contribution is -2.15. The van der Waals surface area contributed by atoms with E-state index >= 15 is 0 Å². The molecule has 0 heterocycles. The van der Waals surface area contributed by atoms with E-state index in [0.717, 1.165) is 12.8 Å². The summed E-state index contributed by atoms with van der Waals surface area (Å²) in [7, 11) is 0. The maximum Gasteiger partial charge on any atom is 0.0720 e. The maximum atomic E-state index is 8.87. The summed E-state index contributed by atoms with van der Waals surface area (Å²) in [5.41, 5.74) is 2.35. The van der Waals surface area contributed by atoms with Gasteiger partial charge in [0.2, 0.25) is 0 Å². The van der Waals surface area contributed by atoms with Crippen LogP contribution in [0.25, 0.3) is 0 Å². The van der Waals surface area contributed by atoms with Gasteiger partial charge >= 0.3 is 0 Å².